The van der Waals surface area contributed by atoms with Gasteiger partial charge in [-0.2, -0.15) is 8.42 Å². The second-order valence-electron chi connectivity index (χ2n) is 6.43. The van der Waals surface area contributed by atoms with Crippen molar-refractivity contribution in [2.45, 2.75) is 6.42 Å². The molecule has 4 rings (SSSR count). The number of halogens is 2. The van der Waals surface area contributed by atoms with Gasteiger partial charge in [-0.1, -0.05) is 18.2 Å². The number of rotatable bonds is 4. The summed E-state index contributed by atoms with van der Waals surface area (Å²) < 4.78 is 55.1. The summed E-state index contributed by atoms with van der Waals surface area (Å²) in [5.41, 5.74) is 0.863. The topological polar surface area (TPSA) is 98.2 Å². The summed E-state index contributed by atoms with van der Waals surface area (Å²) in [4.78, 5) is 21.5. The van der Waals surface area contributed by atoms with Gasteiger partial charge in [-0.3, -0.25) is 4.79 Å². The molecule has 1 amide bonds. The van der Waals surface area contributed by atoms with E-state index in [1.54, 1.807) is 30.3 Å². The van der Waals surface area contributed by atoms with Crippen LogP contribution >= 0.6 is 0 Å². The molecule has 1 aliphatic rings. The van der Waals surface area contributed by atoms with Crippen molar-refractivity contribution in [3.05, 3.63) is 83.7 Å². The lowest BCUT2D eigenvalue weighted by Crippen LogP contribution is -2.26. The third-order valence-electron chi connectivity index (χ3n) is 4.29. The molecule has 3 aromatic rings. The number of fused-ring (bicyclic) bond motifs is 1. The zero-order valence-corrected chi connectivity index (χ0v) is 16.5. The number of nitrogens with one attached hydrogen (secondary N) is 1. The highest BCUT2D eigenvalue weighted by Gasteiger charge is 2.21. The number of allylic oxidation sites excluding steroid dienone is 4. The predicted octanol–water partition coefficient (Wildman–Crippen LogP) is 3.33. The molecule has 0 radical (unpaired) electrons. The molecule has 10 heteroatoms. The largest absolute Gasteiger partial charge is 0.434 e. The molecule has 0 fully saturated rings. The highest BCUT2D eigenvalue weighted by molar-refractivity contribution is 7.73. The molecule has 0 atom stereocenters. The van der Waals surface area contributed by atoms with Gasteiger partial charge in [-0.05, 0) is 36.4 Å². The number of aromatic nitrogens is 2. The van der Waals surface area contributed by atoms with Gasteiger partial charge in [-0.15, -0.1) is 0 Å². The van der Waals surface area contributed by atoms with Crippen molar-refractivity contribution >= 4 is 32.1 Å². The molecule has 1 N–H and O–H groups in total. The van der Waals surface area contributed by atoms with E-state index in [4.69, 9.17) is 4.74 Å². The fourth-order valence-electron chi connectivity index (χ4n) is 2.85. The summed E-state index contributed by atoms with van der Waals surface area (Å²) in [6.45, 7) is 0. The molecule has 7 nitrogen and oxygen atoms in total. The Labute approximate surface area is 176 Å². The molecule has 1 aliphatic carbocycles. The second kappa shape index (κ2) is 8.44. The highest BCUT2D eigenvalue weighted by atomic mass is 32.2. The molecule has 31 heavy (non-hydrogen) atoms. The maximum atomic E-state index is 14.1. The lowest BCUT2D eigenvalue weighted by molar-refractivity contribution is 0.0957. The van der Waals surface area contributed by atoms with E-state index in [1.165, 1.54) is 12.2 Å². The van der Waals surface area contributed by atoms with E-state index in [9.17, 15) is 22.0 Å². The first-order valence-corrected chi connectivity index (χ1v) is 10.0. The van der Waals surface area contributed by atoms with Crippen molar-refractivity contribution in [3.63, 3.8) is 0 Å². The van der Waals surface area contributed by atoms with Gasteiger partial charge in [0.2, 0.25) is 10.3 Å². The summed E-state index contributed by atoms with van der Waals surface area (Å²) in [6, 6.07) is 9.40. The van der Waals surface area contributed by atoms with Crippen LogP contribution in [0.2, 0.25) is 0 Å². The van der Waals surface area contributed by atoms with Crippen LogP contribution in [0.3, 0.4) is 0 Å². The van der Waals surface area contributed by atoms with Crippen LogP contribution in [-0.4, -0.2) is 29.2 Å². The molecule has 156 valence electrons. The molecule has 1 heterocycles. The highest BCUT2D eigenvalue weighted by Crippen LogP contribution is 2.27. The number of benzene rings is 2. The van der Waals surface area contributed by atoms with Crippen LogP contribution in [0.25, 0.3) is 11.0 Å². The van der Waals surface area contributed by atoms with E-state index < -0.39 is 27.8 Å². The average Bonchev–Trinajstić information content (AvgIpc) is 2.75. The Balaban J connectivity index is 1.72. The maximum Gasteiger partial charge on any atom is 0.279 e. The Kier molecular flexibility index (Phi) is 5.54. The van der Waals surface area contributed by atoms with Crippen LogP contribution in [0, 0.1) is 11.6 Å². The standard InChI is InChI=1S/C21H13F2N3O4S/c22-12-8-9-18(15(23)10-12)30-21-19(25-16-6-1-2-7-17(16)26-21)20(27)24-13-4-3-5-14(11-13)31(28)29/h1-10H,11H2,(H,24,27). The molecule has 2 aromatic carbocycles. The molecule has 0 unspecified atom stereocenters. The molecule has 0 saturated carbocycles. The van der Waals surface area contributed by atoms with E-state index in [0.29, 0.717) is 22.8 Å². The number of hydrogen-bond acceptors (Lipinski definition) is 6. The summed E-state index contributed by atoms with van der Waals surface area (Å²) in [5.74, 6) is -3.11. The normalized spacial score (nSPS) is 13.1. The van der Waals surface area contributed by atoms with Crippen LogP contribution in [0.4, 0.5) is 8.78 Å². The minimum absolute atomic E-state index is 0.0118. The van der Waals surface area contributed by atoms with Gasteiger partial charge in [-0.25, -0.2) is 18.7 Å². The van der Waals surface area contributed by atoms with Gasteiger partial charge in [0, 0.05) is 18.2 Å². The van der Waals surface area contributed by atoms with Crippen molar-refractivity contribution in [3.8, 4) is 11.6 Å². The fourth-order valence-corrected chi connectivity index (χ4v) is 3.31. The van der Waals surface area contributed by atoms with E-state index in [-0.39, 0.29) is 28.6 Å². The first kappa shape index (κ1) is 20.4. The number of para-hydroxylation sites is 2. The zero-order valence-electron chi connectivity index (χ0n) is 15.7. The molecule has 0 bridgehead atoms. The number of carbonyl (C=O) groups excluding carboxylic acids is 1. The fraction of sp³-hybridized carbons (Fsp3) is 0.0476. The number of carbonyl (C=O) groups is 1. The van der Waals surface area contributed by atoms with Gasteiger partial charge in [0.1, 0.15) is 5.82 Å². The Bertz CT molecular complexity index is 1410. The first-order valence-electron chi connectivity index (χ1n) is 8.94. The van der Waals surface area contributed by atoms with Gasteiger partial charge >= 0.3 is 0 Å². The Morgan fingerprint density at radius 3 is 2.52 bits per heavy atom. The predicted molar refractivity (Wildman–Crippen MR) is 109 cm³/mol. The summed E-state index contributed by atoms with van der Waals surface area (Å²) in [5, 5.41) is 2.58. The van der Waals surface area contributed by atoms with Crippen molar-refractivity contribution in [2.75, 3.05) is 0 Å². The van der Waals surface area contributed by atoms with Crippen molar-refractivity contribution in [1.82, 2.24) is 15.3 Å². The Hall–Kier alpha value is -3.92. The van der Waals surface area contributed by atoms with Gasteiger partial charge < -0.3 is 10.1 Å². The maximum absolute atomic E-state index is 14.1. The minimum atomic E-state index is -2.42. The summed E-state index contributed by atoms with van der Waals surface area (Å²) in [7, 11) is -2.42. The van der Waals surface area contributed by atoms with E-state index in [0.717, 1.165) is 12.1 Å². The van der Waals surface area contributed by atoms with E-state index in [1.807, 2.05) is 0 Å². The minimum Gasteiger partial charge on any atom is -0.434 e. The van der Waals surface area contributed by atoms with Crippen molar-refractivity contribution in [2.24, 2.45) is 0 Å². The van der Waals surface area contributed by atoms with Gasteiger partial charge in [0.15, 0.2) is 17.3 Å². The molecular weight excluding hydrogens is 428 g/mol. The first-order chi connectivity index (χ1) is 14.9. The smallest absolute Gasteiger partial charge is 0.279 e. The number of amides is 1. The summed E-state index contributed by atoms with van der Waals surface area (Å²) in [6.07, 6.45) is 4.44. The number of ether oxygens (including phenoxy) is 1. The molecule has 0 saturated heterocycles. The van der Waals surface area contributed by atoms with E-state index >= 15 is 0 Å². The van der Waals surface area contributed by atoms with Crippen LogP contribution in [-0.2, 0) is 10.3 Å². The van der Waals surface area contributed by atoms with Crippen LogP contribution in [0.1, 0.15) is 16.9 Å². The third-order valence-corrected chi connectivity index (χ3v) is 5.00. The van der Waals surface area contributed by atoms with Gasteiger partial charge in [0.25, 0.3) is 11.8 Å². The number of hydrogen-bond donors (Lipinski definition) is 1. The summed E-state index contributed by atoms with van der Waals surface area (Å²) >= 11 is 0. The molecule has 0 aliphatic heterocycles. The van der Waals surface area contributed by atoms with E-state index in [2.05, 4.69) is 15.3 Å². The van der Waals surface area contributed by atoms with Gasteiger partial charge in [0.05, 0.1) is 15.9 Å². The molecule has 1 aromatic heterocycles. The molecular formula is C21H13F2N3O4S. The SMILES string of the molecule is O=C(NC1=CC=CC(=S(=O)=O)C1)c1nc2ccccc2nc1Oc1ccc(F)cc1F. The third kappa shape index (κ3) is 4.48. The Morgan fingerprint density at radius 2 is 1.81 bits per heavy atom. The average molecular weight is 441 g/mol. The second-order valence-corrected chi connectivity index (χ2v) is 7.42. The van der Waals surface area contributed by atoms with Crippen LogP contribution < -0.4 is 10.1 Å². The van der Waals surface area contributed by atoms with Crippen LogP contribution in [0.5, 0.6) is 11.6 Å². The monoisotopic (exact) mass is 441 g/mol. The van der Waals surface area contributed by atoms with Crippen molar-refractivity contribution in [1.29, 1.82) is 0 Å². The lowest BCUT2D eigenvalue weighted by Gasteiger charge is -2.14. The lowest BCUT2D eigenvalue weighted by atomic mass is 10.1. The van der Waals surface area contributed by atoms with Crippen LogP contribution in [0.15, 0.2) is 66.4 Å². The quantitative estimate of drug-likeness (QED) is 0.624. The Morgan fingerprint density at radius 1 is 1.06 bits per heavy atom. The van der Waals surface area contributed by atoms with Crippen molar-refractivity contribution < 1.29 is 26.7 Å². The molecule has 0 spiro atoms. The number of nitrogens with zero attached hydrogens (tertiary/aromatic N) is 2. The zero-order chi connectivity index (χ0) is 22.0.